The topological polar surface area (TPSA) is 114 Å². The molecule has 2 heterocycles. The van der Waals surface area contributed by atoms with Crippen molar-refractivity contribution in [3.63, 3.8) is 0 Å². The number of H-pyrrole nitrogens is 1. The molecule has 2 N–H and O–H groups in total. The van der Waals surface area contributed by atoms with E-state index in [1.54, 1.807) is 22.9 Å². The number of esters is 1. The smallest absolute Gasteiger partial charge is 0.328 e. The first kappa shape index (κ1) is 22.1. The number of aliphatic hydroxyl groups is 1. The zero-order chi connectivity index (χ0) is 21.9. The third kappa shape index (κ3) is 4.94. The second-order valence-corrected chi connectivity index (χ2v) is 9.59. The van der Waals surface area contributed by atoms with Crippen LogP contribution in [0.5, 0.6) is 0 Å². The lowest BCUT2D eigenvalue weighted by Gasteiger charge is -2.08. The van der Waals surface area contributed by atoms with Crippen molar-refractivity contribution < 1.29 is 23.1 Å². The summed E-state index contributed by atoms with van der Waals surface area (Å²) in [5.41, 5.74) is 3.93. The number of carbonyl (C=O) groups excluding carboxylic acids is 1. The van der Waals surface area contributed by atoms with Crippen molar-refractivity contribution in [2.45, 2.75) is 25.0 Å². The molecule has 30 heavy (non-hydrogen) atoms. The van der Waals surface area contributed by atoms with Gasteiger partial charge in [0.05, 0.1) is 28.6 Å². The van der Waals surface area contributed by atoms with Gasteiger partial charge in [0.25, 0.3) is 0 Å². The highest BCUT2D eigenvalue weighted by molar-refractivity contribution is 7.98. The molecule has 8 nitrogen and oxygen atoms in total. The Labute approximate surface area is 179 Å². The number of benzene rings is 1. The summed E-state index contributed by atoms with van der Waals surface area (Å²) in [6.45, 7) is 1.47. The Kier molecular flexibility index (Phi) is 6.69. The number of ether oxygens (including phenoxy) is 1. The standard InChI is InChI=1S/C20H23N3O5S2/c1-13-8-18(23(22-13)10-20(25)28-12-29-2)17-7-6-16(21-17)14-4-5-15(11-24)19(9-14)30(3,26)27/h4-9,21,24H,10-12H2,1-3H3. The summed E-state index contributed by atoms with van der Waals surface area (Å²) in [5, 5.41) is 13.8. The van der Waals surface area contributed by atoms with Crippen LogP contribution in [-0.2, 0) is 32.5 Å². The zero-order valence-electron chi connectivity index (χ0n) is 16.9. The Morgan fingerprint density at radius 3 is 2.63 bits per heavy atom. The van der Waals surface area contributed by atoms with E-state index in [0.29, 0.717) is 16.8 Å². The number of aromatic amines is 1. The van der Waals surface area contributed by atoms with Crippen molar-refractivity contribution >= 4 is 27.6 Å². The highest BCUT2D eigenvalue weighted by Gasteiger charge is 2.17. The SMILES string of the molecule is CSCOC(=O)Cn1nc(C)cc1-c1ccc(-c2ccc(CO)c(S(C)(=O)=O)c2)[nH]1. The van der Waals surface area contributed by atoms with Gasteiger partial charge in [0.1, 0.15) is 12.5 Å². The second kappa shape index (κ2) is 9.07. The predicted octanol–water partition coefficient (Wildman–Crippen LogP) is 2.61. The molecule has 0 aliphatic carbocycles. The molecular formula is C20H23N3O5S2. The lowest BCUT2D eigenvalue weighted by atomic mass is 10.1. The fourth-order valence-electron chi connectivity index (χ4n) is 3.09. The van der Waals surface area contributed by atoms with Crippen molar-refractivity contribution in [3.05, 3.63) is 47.7 Å². The molecular weight excluding hydrogens is 426 g/mol. The maximum absolute atomic E-state index is 12.1. The predicted molar refractivity (Wildman–Crippen MR) is 116 cm³/mol. The monoisotopic (exact) mass is 449 g/mol. The van der Waals surface area contributed by atoms with Gasteiger partial charge in [-0.1, -0.05) is 12.1 Å². The van der Waals surface area contributed by atoms with Gasteiger partial charge in [0.2, 0.25) is 0 Å². The molecule has 0 spiro atoms. The molecule has 3 aromatic rings. The van der Waals surface area contributed by atoms with E-state index in [4.69, 9.17) is 4.74 Å². The first-order valence-electron chi connectivity index (χ1n) is 9.05. The second-order valence-electron chi connectivity index (χ2n) is 6.79. The largest absolute Gasteiger partial charge is 0.453 e. The van der Waals surface area contributed by atoms with Gasteiger partial charge in [-0.3, -0.25) is 9.48 Å². The number of sulfone groups is 1. The van der Waals surface area contributed by atoms with E-state index in [1.807, 2.05) is 31.4 Å². The van der Waals surface area contributed by atoms with Crippen LogP contribution in [0.15, 0.2) is 41.3 Å². The van der Waals surface area contributed by atoms with E-state index in [9.17, 15) is 18.3 Å². The van der Waals surface area contributed by atoms with E-state index in [2.05, 4.69) is 10.1 Å². The van der Waals surface area contributed by atoms with Gasteiger partial charge in [-0.25, -0.2) is 8.42 Å². The maximum Gasteiger partial charge on any atom is 0.328 e. The average molecular weight is 450 g/mol. The van der Waals surface area contributed by atoms with Crippen molar-refractivity contribution in [1.82, 2.24) is 14.8 Å². The summed E-state index contributed by atoms with van der Waals surface area (Å²) >= 11 is 1.42. The maximum atomic E-state index is 12.1. The minimum absolute atomic E-state index is 0.0124. The Hall–Kier alpha value is -2.56. The zero-order valence-corrected chi connectivity index (χ0v) is 18.5. The van der Waals surface area contributed by atoms with Crippen LogP contribution in [0.3, 0.4) is 0 Å². The minimum atomic E-state index is -3.49. The molecule has 0 radical (unpaired) electrons. The van der Waals surface area contributed by atoms with Crippen LogP contribution in [-0.4, -0.2) is 52.7 Å². The number of hydrogen-bond acceptors (Lipinski definition) is 7. The van der Waals surface area contributed by atoms with Gasteiger partial charge >= 0.3 is 5.97 Å². The van der Waals surface area contributed by atoms with Crippen molar-refractivity contribution in [2.24, 2.45) is 0 Å². The van der Waals surface area contributed by atoms with Crippen LogP contribution < -0.4 is 0 Å². The van der Waals surface area contributed by atoms with Gasteiger partial charge in [0.15, 0.2) is 9.84 Å². The summed E-state index contributed by atoms with van der Waals surface area (Å²) in [6, 6.07) is 10.4. The Balaban J connectivity index is 1.94. The lowest BCUT2D eigenvalue weighted by Crippen LogP contribution is -2.15. The highest BCUT2D eigenvalue weighted by atomic mass is 32.2. The molecule has 0 saturated carbocycles. The summed E-state index contributed by atoms with van der Waals surface area (Å²) in [4.78, 5) is 15.4. The molecule has 0 bridgehead atoms. The van der Waals surface area contributed by atoms with E-state index >= 15 is 0 Å². The molecule has 0 saturated heterocycles. The number of nitrogens with zero attached hydrogens (tertiary/aromatic N) is 2. The number of rotatable bonds is 8. The molecule has 3 rings (SSSR count). The van der Waals surface area contributed by atoms with E-state index < -0.39 is 9.84 Å². The van der Waals surface area contributed by atoms with E-state index in [1.165, 1.54) is 11.8 Å². The number of hydrogen-bond donors (Lipinski definition) is 2. The van der Waals surface area contributed by atoms with Crippen LogP contribution in [0.2, 0.25) is 0 Å². The van der Waals surface area contributed by atoms with Crippen molar-refractivity contribution in [3.8, 4) is 22.6 Å². The van der Waals surface area contributed by atoms with Gasteiger partial charge in [-0.05, 0) is 48.6 Å². The fraction of sp³-hybridized carbons (Fsp3) is 0.300. The molecule has 0 aliphatic rings. The van der Waals surface area contributed by atoms with Gasteiger partial charge < -0.3 is 14.8 Å². The average Bonchev–Trinajstić information content (AvgIpc) is 3.31. The highest BCUT2D eigenvalue weighted by Crippen LogP contribution is 2.28. The molecule has 0 atom stereocenters. The van der Waals surface area contributed by atoms with Crippen LogP contribution in [0.4, 0.5) is 0 Å². The molecule has 10 heteroatoms. The molecule has 0 unspecified atom stereocenters. The summed E-state index contributed by atoms with van der Waals surface area (Å²) in [6.07, 6.45) is 2.96. The molecule has 0 aliphatic heterocycles. The number of aliphatic hydroxyl groups excluding tert-OH is 1. The molecule has 1 aromatic carbocycles. The quantitative estimate of drug-likeness (QED) is 0.401. The normalized spacial score (nSPS) is 11.6. The minimum Gasteiger partial charge on any atom is -0.453 e. The number of aryl methyl sites for hydroxylation is 1. The third-order valence-corrected chi connectivity index (χ3v) is 5.96. The lowest BCUT2D eigenvalue weighted by molar-refractivity contribution is -0.142. The first-order chi connectivity index (χ1) is 14.2. The third-order valence-electron chi connectivity index (χ3n) is 4.43. The van der Waals surface area contributed by atoms with Crippen LogP contribution in [0.25, 0.3) is 22.6 Å². The van der Waals surface area contributed by atoms with Crippen LogP contribution >= 0.6 is 11.8 Å². The fourth-order valence-corrected chi connectivity index (χ4v) is 4.29. The summed E-state index contributed by atoms with van der Waals surface area (Å²) in [5.74, 6) is -0.0917. The first-order valence-corrected chi connectivity index (χ1v) is 12.3. The molecule has 160 valence electrons. The summed E-state index contributed by atoms with van der Waals surface area (Å²) in [7, 11) is -3.49. The van der Waals surface area contributed by atoms with Crippen LogP contribution in [0.1, 0.15) is 11.3 Å². The number of nitrogens with one attached hydrogen (secondary N) is 1. The van der Waals surface area contributed by atoms with Gasteiger partial charge in [-0.2, -0.15) is 5.10 Å². The van der Waals surface area contributed by atoms with Gasteiger partial charge in [0, 0.05) is 11.9 Å². The van der Waals surface area contributed by atoms with Crippen LogP contribution in [0, 0.1) is 6.92 Å². The van der Waals surface area contributed by atoms with Gasteiger partial charge in [-0.15, -0.1) is 11.8 Å². The van der Waals surface area contributed by atoms with Crippen molar-refractivity contribution in [1.29, 1.82) is 0 Å². The Morgan fingerprint density at radius 2 is 1.97 bits per heavy atom. The Morgan fingerprint density at radius 1 is 1.23 bits per heavy atom. The van der Waals surface area contributed by atoms with E-state index in [-0.39, 0.29) is 30.0 Å². The number of carbonyl (C=O) groups is 1. The molecule has 0 amide bonds. The molecule has 0 fully saturated rings. The summed E-state index contributed by atoms with van der Waals surface area (Å²) < 4.78 is 30.8. The molecule has 2 aromatic heterocycles. The van der Waals surface area contributed by atoms with Crippen molar-refractivity contribution in [2.75, 3.05) is 18.5 Å². The Bertz CT molecular complexity index is 1170. The number of aromatic nitrogens is 3. The van der Waals surface area contributed by atoms with E-state index in [0.717, 1.165) is 23.3 Å². The number of thioether (sulfide) groups is 1.